The molecule has 7 nitrogen and oxygen atoms in total. The molecular weight excluding hydrogens is 256 g/mol. The number of carbonyl (C=O) groups is 1. The van der Waals surface area contributed by atoms with Crippen molar-refractivity contribution in [2.45, 2.75) is 26.8 Å². The molecule has 1 atom stereocenters. The number of aromatic nitrogens is 4. The predicted octanol–water partition coefficient (Wildman–Crippen LogP) is 0.974. The molecule has 0 fully saturated rings. The lowest BCUT2D eigenvalue weighted by atomic mass is 9.87. The fourth-order valence-electron chi connectivity index (χ4n) is 1.65. The van der Waals surface area contributed by atoms with Gasteiger partial charge in [0.25, 0.3) is 0 Å². The number of hydrogen-bond acceptors (Lipinski definition) is 5. The number of carbonyl (C=O) groups excluding carboxylic acids is 1. The normalized spacial score (nSPS) is 13.0. The quantitative estimate of drug-likeness (QED) is 0.869. The molecule has 2 rings (SSSR count). The first-order chi connectivity index (χ1) is 9.39. The topological polar surface area (TPSA) is 98.7 Å². The van der Waals surface area contributed by atoms with Crippen LogP contribution in [0.2, 0.25) is 0 Å². The number of para-hydroxylation sites is 2. The monoisotopic (exact) mass is 274 g/mol. The lowest BCUT2D eigenvalue weighted by Crippen LogP contribution is -2.45. The number of nitrogens with one attached hydrogen (secondary N) is 1. The van der Waals surface area contributed by atoms with Gasteiger partial charge in [-0.25, -0.2) is 0 Å². The first-order valence-corrected chi connectivity index (χ1v) is 6.28. The second-order valence-electron chi connectivity index (χ2n) is 5.60. The van der Waals surface area contributed by atoms with Gasteiger partial charge in [0.2, 0.25) is 5.91 Å². The molecule has 0 radical (unpaired) electrons. The molecule has 0 spiro atoms. The van der Waals surface area contributed by atoms with Gasteiger partial charge in [0, 0.05) is 0 Å². The first-order valence-electron chi connectivity index (χ1n) is 6.28. The van der Waals surface area contributed by atoms with Gasteiger partial charge in [0.15, 0.2) is 0 Å². The van der Waals surface area contributed by atoms with Crippen molar-refractivity contribution in [3.63, 3.8) is 0 Å². The summed E-state index contributed by atoms with van der Waals surface area (Å²) in [7, 11) is 0. The SMILES string of the molecule is CC(C)(C)[C@@H](N)C(=O)Nc1ccccc1-n1cnnn1. The number of hydrogen-bond donors (Lipinski definition) is 2. The zero-order valence-electron chi connectivity index (χ0n) is 11.7. The van der Waals surface area contributed by atoms with E-state index in [0.29, 0.717) is 11.4 Å². The highest BCUT2D eigenvalue weighted by molar-refractivity contribution is 5.96. The van der Waals surface area contributed by atoms with Gasteiger partial charge in [-0.2, -0.15) is 4.68 Å². The summed E-state index contributed by atoms with van der Waals surface area (Å²) in [4.78, 5) is 12.2. The molecule has 1 amide bonds. The standard InChI is InChI=1S/C13H18N6O/c1-13(2,3)11(14)12(20)16-9-6-4-5-7-10(9)19-8-15-17-18-19/h4-8,11H,14H2,1-3H3,(H,16,20)/t11-/m0/s1. The van der Waals surface area contributed by atoms with E-state index in [1.54, 1.807) is 6.07 Å². The maximum Gasteiger partial charge on any atom is 0.241 e. The van der Waals surface area contributed by atoms with Gasteiger partial charge in [0.05, 0.1) is 17.4 Å². The average Bonchev–Trinajstić information content (AvgIpc) is 2.91. The Morgan fingerprint density at radius 1 is 1.35 bits per heavy atom. The maximum atomic E-state index is 12.2. The molecule has 0 bridgehead atoms. The van der Waals surface area contributed by atoms with Crippen LogP contribution in [0.4, 0.5) is 5.69 Å². The van der Waals surface area contributed by atoms with Crippen molar-refractivity contribution in [2.75, 3.05) is 5.32 Å². The Balaban J connectivity index is 2.25. The Hall–Kier alpha value is -2.28. The van der Waals surface area contributed by atoms with Crippen molar-refractivity contribution < 1.29 is 4.79 Å². The minimum atomic E-state index is -0.607. The van der Waals surface area contributed by atoms with Crippen LogP contribution < -0.4 is 11.1 Å². The molecule has 0 aliphatic rings. The number of nitrogens with zero attached hydrogens (tertiary/aromatic N) is 4. The smallest absolute Gasteiger partial charge is 0.241 e. The molecule has 1 aromatic carbocycles. The van der Waals surface area contributed by atoms with E-state index >= 15 is 0 Å². The maximum absolute atomic E-state index is 12.2. The summed E-state index contributed by atoms with van der Waals surface area (Å²) in [5.74, 6) is -0.238. The lowest BCUT2D eigenvalue weighted by Gasteiger charge is -2.26. The van der Waals surface area contributed by atoms with Gasteiger partial charge in [-0.15, -0.1) is 5.10 Å². The van der Waals surface area contributed by atoms with Crippen LogP contribution >= 0.6 is 0 Å². The van der Waals surface area contributed by atoms with Gasteiger partial charge in [-0.1, -0.05) is 32.9 Å². The molecule has 106 valence electrons. The van der Waals surface area contributed by atoms with Crippen molar-refractivity contribution in [1.29, 1.82) is 0 Å². The molecule has 0 saturated carbocycles. The molecule has 0 unspecified atom stereocenters. The molecular formula is C13H18N6O. The summed E-state index contributed by atoms with van der Waals surface area (Å²) in [5, 5.41) is 13.8. The van der Waals surface area contributed by atoms with Gasteiger partial charge in [-0.05, 0) is 28.0 Å². The van der Waals surface area contributed by atoms with Gasteiger partial charge in [0.1, 0.15) is 6.33 Å². The molecule has 2 aromatic rings. The van der Waals surface area contributed by atoms with Crippen LogP contribution in [0.5, 0.6) is 0 Å². The number of tetrazole rings is 1. The summed E-state index contributed by atoms with van der Waals surface area (Å²) in [6.07, 6.45) is 1.47. The second kappa shape index (κ2) is 5.38. The minimum absolute atomic E-state index is 0.238. The van der Waals surface area contributed by atoms with E-state index in [4.69, 9.17) is 5.73 Å². The van der Waals surface area contributed by atoms with E-state index in [-0.39, 0.29) is 11.3 Å². The number of amides is 1. The molecule has 0 saturated heterocycles. The fraction of sp³-hybridized carbons (Fsp3) is 0.385. The highest BCUT2D eigenvalue weighted by Gasteiger charge is 2.27. The lowest BCUT2D eigenvalue weighted by molar-refractivity contribution is -0.119. The van der Waals surface area contributed by atoms with E-state index in [1.807, 2.05) is 39.0 Å². The molecule has 3 N–H and O–H groups in total. The van der Waals surface area contributed by atoms with Crippen molar-refractivity contribution in [2.24, 2.45) is 11.1 Å². The van der Waals surface area contributed by atoms with Crippen LogP contribution in [0.1, 0.15) is 20.8 Å². The zero-order chi connectivity index (χ0) is 14.8. The third kappa shape index (κ3) is 3.00. The van der Waals surface area contributed by atoms with Crippen LogP contribution in [0, 0.1) is 5.41 Å². The Morgan fingerprint density at radius 3 is 2.65 bits per heavy atom. The van der Waals surface area contributed by atoms with Crippen molar-refractivity contribution >= 4 is 11.6 Å². The Morgan fingerprint density at radius 2 is 2.05 bits per heavy atom. The third-order valence-electron chi connectivity index (χ3n) is 2.97. The predicted molar refractivity (Wildman–Crippen MR) is 75.2 cm³/mol. The van der Waals surface area contributed by atoms with Crippen LogP contribution in [0.3, 0.4) is 0 Å². The average molecular weight is 274 g/mol. The minimum Gasteiger partial charge on any atom is -0.323 e. The van der Waals surface area contributed by atoms with E-state index in [2.05, 4.69) is 20.8 Å². The Kier molecular flexibility index (Phi) is 3.80. The van der Waals surface area contributed by atoms with Gasteiger partial charge < -0.3 is 11.1 Å². The van der Waals surface area contributed by atoms with Crippen molar-refractivity contribution in [3.8, 4) is 5.69 Å². The molecule has 20 heavy (non-hydrogen) atoms. The Bertz CT molecular complexity index is 587. The zero-order valence-corrected chi connectivity index (χ0v) is 11.7. The molecule has 1 aromatic heterocycles. The van der Waals surface area contributed by atoms with Crippen LogP contribution in [0.25, 0.3) is 5.69 Å². The van der Waals surface area contributed by atoms with E-state index < -0.39 is 6.04 Å². The van der Waals surface area contributed by atoms with Crippen molar-refractivity contribution in [3.05, 3.63) is 30.6 Å². The van der Waals surface area contributed by atoms with Gasteiger partial charge in [-0.3, -0.25) is 4.79 Å². The van der Waals surface area contributed by atoms with Crippen LogP contribution in [0.15, 0.2) is 30.6 Å². The third-order valence-corrected chi connectivity index (χ3v) is 2.97. The van der Waals surface area contributed by atoms with E-state index in [0.717, 1.165) is 0 Å². The van der Waals surface area contributed by atoms with E-state index in [9.17, 15) is 4.79 Å². The van der Waals surface area contributed by atoms with E-state index in [1.165, 1.54) is 11.0 Å². The highest BCUT2D eigenvalue weighted by Crippen LogP contribution is 2.22. The molecule has 7 heteroatoms. The summed E-state index contributed by atoms with van der Waals surface area (Å²) in [5.41, 5.74) is 6.94. The summed E-state index contributed by atoms with van der Waals surface area (Å²) >= 11 is 0. The fourth-order valence-corrected chi connectivity index (χ4v) is 1.65. The van der Waals surface area contributed by atoms with Gasteiger partial charge >= 0.3 is 0 Å². The number of benzene rings is 1. The molecule has 0 aliphatic heterocycles. The number of nitrogens with two attached hydrogens (primary N) is 1. The highest BCUT2D eigenvalue weighted by atomic mass is 16.2. The first kappa shape index (κ1) is 14.1. The Labute approximate surface area is 117 Å². The van der Waals surface area contributed by atoms with Crippen LogP contribution in [-0.2, 0) is 4.79 Å². The van der Waals surface area contributed by atoms with Crippen molar-refractivity contribution in [1.82, 2.24) is 20.2 Å². The number of rotatable bonds is 3. The summed E-state index contributed by atoms with van der Waals surface area (Å²) in [6.45, 7) is 5.76. The van der Waals surface area contributed by atoms with Crippen LogP contribution in [-0.4, -0.2) is 32.2 Å². The largest absolute Gasteiger partial charge is 0.323 e. The second-order valence-corrected chi connectivity index (χ2v) is 5.60. The molecule has 1 heterocycles. The summed E-state index contributed by atoms with van der Waals surface area (Å²) in [6, 6.07) is 6.66. The molecule has 0 aliphatic carbocycles. The number of anilines is 1. The summed E-state index contributed by atoms with van der Waals surface area (Å²) < 4.78 is 1.48.